The second-order valence-electron chi connectivity index (χ2n) is 26.3. The van der Waals surface area contributed by atoms with Crippen LogP contribution < -0.4 is 9.47 Å². The maximum Gasteiger partial charge on any atom is 0.343 e. The van der Waals surface area contributed by atoms with E-state index in [0.717, 1.165) is 0 Å². The van der Waals surface area contributed by atoms with Crippen molar-refractivity contribution in [3.8, 4) is 189 Å². The molecule has 5 heterocycles. The Morgan fingerprint density at radius 3 is 1.02 bits per heavy atom. The molecule has 26 N–H and O–H groups in total. The number of hydrogen-bond acceptors (Lipinski definition) is 48. The number of benzene rings is 9. The van der Waals surface area contributed by atoms with Gasteiger partial charge in [0.05, 0.1) is 38.9 Å². The van der Waals surface area contributed by atoms with Crippen LogP contribution in [-0.2, 0) is 52.2 Å². The van der Waals surface area contributed by atoms with E-state index in [2.05, 4.69) is 0 Å². The van der Waals surface area contributed by atoms with Crippen LogP contribution in [-0.4, -0.2) is 261 Å². The molecule has 0 aliphatic carbocycles. The van der Waals surface area contributed by atoms with Crippen LogP contribution in [0.4, 0.5) is 0 Å². The third-order valence-electron chi connectivity index (χ3n) is 18.8. The van der Waals surface area contributed by atoms with Gasteiger partial charge in [0.2, 0.25) is 58.4 Å². The lowest BCUT2D eigenvalue weighted by molar-refractivity contribution is -0.282. The molecule has 1 fully saturated rings. The number of fused-ring (bicyclic) bond motifs is 9. The highest BCUT2D eigenvalue weighted by Gasteiger charge is 2.56. The SMILES string of the molecule is O=C[C@@H]1OC(=O)c2cc(O)c(O)c(O)c2Oc2cc3c(c(O)c2O)-c2c(cc(O)c(O)c2O)C(=O)O[C@@H]2[C@H](OC(=O)c4cc(O)c(O)c(O)c4)[C@H](OC(=O)c4cc(O)c(O)c(O)c4Oc4cc5c(c(O)c4O)-c4c(cc(O)c(O)c4O)C(=O)OC[C@H](O)[C@@H](OC5=O)[C@@H]1OC(=O)c1cc(O)c(O)c(O)c1)[C@@H](OC(=O)c1cc(O)c(O)c(O)c1)O[C@@H]2COC3=O. The van der Waals surface area contributed by atoms with Gasteiger partial charge < -0.3 is 190 Å². The summed E-state index contributed by atoms with van der Waals surface area (Å²) in [6.07, 6.45) is -28.0. The minimum atomic E-state index is -3.22. The Balaban J connectivity index is 1.11. The summed E-state index contributed by atoms with van der Waals surface area (Å²) in [6, 6.07) is 2.82. The van der Waals surface area contributed by atoms with Gasteiger partial charge in [0.1, 0.15) is 36.5 Å². The zero-order valence-electron chi connectivity index (χ0n) is 60.2. The van der Waals surface area contributed by atoms with Crippen LogP contribution in [0, 0.1) is 0 Å². The van der Waals surface area contributed by atoms with Crippen molar-refractivity contribution >= 4 is 60.0 Å². The molecule has 9 atom stereocenters. The summed E-state index contributed by atoms with van der Waals surface area (Å²) < 4.78 is 67.7. The minimum Gasteiger partial charge on any atom is -0.504 e. The Morgan fingerprint density at radius 2 is 0.610 bits per heavy atom. The van der Waals surface area contributed by atoms with Crippen LogP contribution >= 0.6 is 0 Å². The number of carbonyl (C=O) groups excluding carboxylic acids is 10. The molecule has 1 saturated heterocycles. The average molecular weight is 1720 g/mol. The van der Waals surface area contributed by atoms with E-state index < -0.39 is 367 Å². The van der Waals surface area contributed by atoms with E-state index in [1.54, 1.807) is 0 Å². The van der Waals surface area contributed by atoms with E-state index in [4.69, 9.17) is 56.8 Å². The maximum absolute atomic E-state index is 15.6. The quantitative estimate of drug-likeness (QED) is 0.0472. The van der Waals surface area contributed by atoms with E-state index >= 15 is 24.0 Å². The van der Waals surface area contributed by atoms with E-state index in [9.17, 15) is 157 Å². The Labute approximate surface area is 675 Å². The minimum absolute atomic E-state index is 0.0486. The number of rotatable bonds is 7. The smallest absolute Gasteiger partial charge is 0.343 e. The average Bonchev–Trinajstić information content (AvgIpc) is 1.71. The van der Waals surface area contributed by atoms with Gasteiger partial charge in [-0.1, -0.05) is 0 Å². The largest absolute Gasteiger partial charge is 0.504 e. The lowest BCUT2D eigenvalue weighted by atomic mass is 9.91. The van der Waals surface area contributed by atoms with Crippen LogP contribution in [0.15, 0.2) is 72.8 Å². The second-order valence-corrected chi connectivity index (χ2v) is 26.3. The van der Waals surface area contributed by atoms with E-state index in [1.807, 2.05) is 0 Å². The van der Waals surface area contributed by atoms with Crippen molar-refractivity contribution in [2.75, 3.05) is 13.2 Å². The molecule has 5 aliphatic heterocycles. The summed E-state index contributed by atoms with van der Waals surface area (Å²) in [5.41, 5.74) is -18.5. The standard InChI is InChI=1S/C75H52O48/c76-13-38-62(119-66(103)16-1-25(77)44(88)26(78)2-16)61-35(87)14-112-69(106)19-7-31(83)47(91)53(97)40(19)43-22(72(109)118-61)12-37(52(96)56(43)100)115-60-24(10-34(86)50(94)58(60)102)74(111)122-65-64(121-67(104)17-3-27(79)45(89)28(80)4-17)63-39(117-75(65)123-68(105)18-5-29(81)46(90)30(82)6-18)15-113-70(107)21-11-36(114-59-23(73(110)116-38)9-33(85)49(93)57(59)101)51(95)55(99)42(21)41-20(71(108)120-63)8-32(84)48(92)54(41)98/h1-13,35,38-39,61-65,75,77-102H,14-15H2/t35-,38-,39+,61+,62+,63-,64-,65-,75+/m0/s1. The Kier molecular flexibility index (Phi) is 21.1. The summed E-state index contributed by atoms with van der Waals surface area (Å²) >= 11 is 0. The number of cyclic esters (lactones) is 1. The number of phenols is 25. The molecule has 640 valence electrons. The number of ether oxygens (including phenoxy) is 12. The lowest BCUT2D eigenvalue weighted by Crippen LogP contribution is -2.63. The van der Waals surface area contributed by atoms with Crippen LogP contribution in [0.1, 0.15) is 93.2 Å². The molecule has 14 rings (SSSR count). The van der Waals surface area contributed by atoms with Crippen molar-refractivity contribution in [1.82, 2.24) is 0 Å². The van der Waals surface area contributed by atoms with Gasteiger partial charge in [-0.2, -0.15) is 0 Å². The molecule has 9 aromatic carbocycles. The molecule has 48 nitrogen and oxygen atoms in total. The molecule has 0 spiro atoms. The summed E-state index contributed by atoms with van der Waals surface area (Å²) in [5, 5.41) is 291. The molecule has 5 aliphatic rings. The highest BCUT2D eigenvalue weighted by atomic mass is 16.8. The molecule has 48 heteroatoms. The van der Waals surface area contributed by atoms with Gasteiger partial charge in [-0.25, -0.2) is 43.2 Å². The van der Waals surface area contributed by atoms with Gasteiger partial charge in [-0.15, -0.1) is 0 Å². The molecule has 0 saturated carbocycles. The summed E-state index contributed by atoms with van der Waals surface area (Å²) in [6.45, 7) is -3.44. The first-order valence-corrected chi connectivity index (χ1v) is 33.9. The van der Waals surface area contributed by atoms with Crippen molar-refractivity contribution in [2.24, 2.45) is 0 Å². The van der Waals surface area contributed by atoms with Crippen molar-refractivity contribution in [2.45, 2.75) is 55.1 Å². The zero-order valence-corrected chi connectivity index (χ0v) is 60.2. The number of aliphatic hydroxyl groups excluding tert-OH is 1. The fourth-order valence-electron chi connectivity index (χ4n) is 12.8. The molecular weight excluding hydrogens is 1670 g/mol. The molecular formula is C75H52O48. The van der Waals surface area contributed by atoms with Crippen LogP contribution in [0.5, 0.6) is 167 Å². The van der Waals surface area contributed by atoms with E-state index in [0.29, 0.717) is 36.4 Å². The summed E-state index contributed by atoms with van der Waals surface area (Å²) in [4.78, 5) is 149. The van der Waals surface area contributed by atoms with Crippen LogP contribution in [0.25, 0.3) is 22.3 Å². The summed E-state index contributed by atoms with van der Waals surface area (Å²) in [7, 11) is 0. The van der Waals surface area contributed by atoms with Gasteiger partial charge in [-0.05, 0) is 48.5 Å². The first-order chi connectivity index (χ1) is 57.9. The number of esters is 9. The van der Waals surface area contributed by atoms with Gasteiger partial charge >= 0.3 is 53.7 Å². The van der Waals surface area contributed by atoms with Gasteiger partial charge in [-0.3, -0.25) is 4.79 Å². The van der Waals surface area contributed by atoms with Gasteiger partial charge in [0.15, 0.2) is 158 Å². The van der Waals surface area contributed by atoms with Crippen molar-refractivity contribution in [1.29, 1.82) is 0 Å². The van der Waals surface area contributed by atoms with Crippen LogP contribution in [0.3, 0.4) is 0 Å². The molecule has 123 heavy (non-hydrogen) atoms. The molecule has 9 aromatic rings. The topological polar surface area (TPSA) is 807 Å². The number of hydrogen-bond donors (Lipinski definition) is 26. The zero-order chi connectivity index (χ0) is 89.7. The van der Waals surface area contributed by atoms with E-state index in [1.165, 1.54) is 0 Å². The lowest BCUT2D eigenvalue weighted by Gasteiger charge is -2.43. The Morgan fingerprint density at radius 1 is 0.309 bits per heavy atom. The van der Waals surface area contributed by atoms with Gasteiger partial charge in [0, 0.05) is 46.5 Å². The number of carbonyl (C=O) groups is 10. The molecule has 0 radical (unpaired) electrons. The Bertz CT molecular complexity index is 6050. The predicted molar refractivity (Wildman–Crippen MR) is 380 cm³/mol. The fourth-order valence-corrected chi connectivity index (χ4v) is 12.8. The first-order valence-electron chi connectivity index (χ1n) is 33.9. The highest BCUT2D eigenvalue weighted by Crippen LogP contribution is 2.59. The predicted octanol–water partition coefficient (Wildman–Crippen LogP) is 2.99. The molecule has 0 aromatic heterocycles. The van der Waals surface area contributed by atoms with E-state index in [-0.39, 0.29) is 36.4 Å². The van der Waals surface area contributed by atoms with Crippen LogP contribution in [0.2, 0.25) is 0 Å². The number of aldehydes is 1. The molecule has 0 unspecified atom stereocenters. The van der Waals surface area contributed by atoms with Crippen molar-refractivity contribution in [3.05, 3.63) is 123 Å². The second kappa shape index (κ2) is 31.1. The number of aliphatic hydroxyl groups is 1. The monoisotopic (exact) mass is 1720 g/mol. The van der Waals surface area contributed by atoms with Crippen molar-refractivity contribution in [3.63, 3.8) is 0 Å². The van der Waals surface area contributed by atoms with Crippen molar-refractivity contribution < 1.29 is 238 Å². The molecule has 0 amide bonds. The first kappa shape index (κ1) is 83.3. The third-order valence-corrected chi connectivity index (χ3v) is 18.8. The Hall–Kier alpha value is -17.6. The normalized spacial score (nSPS) is 19.5. The fraction of sp³-hybridized carbons (Fsp3) is 0.147. The third kappa shape index (κ3) is 14.5. The highest BCUT2D eigenvalue weighted by molar-refractivity contribution is 6.11. The summed E-state index contributed by atoms with van der Waals surface area (Å²) in [5.74, 6) is -66.2. The number of aromatic hydroxyl groups is 25. The number of phenolic OH excluding ortho intramolecular Hbond substituents is 25. The molecule has 8 bridgehead atoms. The maximum atomic E-state index is 15.6. The van der Waals surface area contributed by atoms with Gasteiger partial charge in [0.25, 0.3) is 0 Å².